The van der Waals surface area contributed by atoms with Gasteiger partial charge in [0, 0.05) is 25.6 Å². The van der Waals surface area contributed by atoms with Crippen LogP contribution >= 0.6 is 12.4 Å². The highest BCUT2D eigenvalue weighted by molar-refractivity contribution is 5.85. The van der Waals surface area contributed by atoms with Crippen LogP contribution in [0.15, 0.2) is 24.3 Å². The molecule has 1 heterocycles. The van der Waals surface area contributed by atoms with Gasteiger partial charge in [-0.05, 0) is 50.6 Å². The molecule has 1 amide bonds. The molecule has 6 heteroatoms. The third-order valence-electron chi connectivity index (χ3n) is 3.75. The van der Waals surface area contributed by atoms with E-state index in [4.69, 9.17) is 4.74 Å². The predicted octanol–water partition coefficient (Wildman–Crippen LogP) is 2.62. The SMILES string of the molecule is CNCC1CCCN1C(=O)CCCOc1ccc(F)cc1.Cl. The smallest absolute Gasteiger partial charge is 0.222 e. The Morgan fingerprint density at radius 3 is 2.82 bits per heavy atom. The number of nitrogens with one attached hydrogen (secondary N) is 1. The van der Waals surface area contributed by atoms with Gasteiger partial charge in [-0.2, -0.15) is 0 Å². The van der Waals surface area contributed by atoms with E-state index < -0.39 is 0 Å². The molecule has 0 radical (unpaired) electrons. The first-order chi connectivity index (χ1) is 10.2. The highest BCUT2D eigenvalue weighted by Crippen LogP contribution is 2.18. The molecule has 0 saturated carbocycles. The van der Waals surface area contributed by atoms with E-state index in [2.05, 4.69) is 5.32 Å². The molecule has 1 aliphatic rings. The van der Waals surface area contributed by atoms with Crippen molar-refractivity contribution in [2.45, 2.75) is 31.7 Å². The van der Waals surface area contributed by atoms with Crippen molar-refractivity contribution in [3.63, 3.8) is 0 Å². The van der Waals surface area contributed by atoms with Crippen LogP contribution in [0.25, 0.3) is 0 Å². The fraction of sp³-hybridized carbons (Fsp3) is 0.562. The number of hydrogen-bond donors (Lipinski definition) is 1. The van der Waals surface area contributed by atoms with Crippen LogP contribution in [0.5, 0.6) is 5.75 Å². The molecule has 1 saturated heterocycles. The summed E-state index contributed by atoms with van der Waals surface area (Å²) in [6, 6.07) is 6.27. The third-order valence-corrected chi connectivity index (χ3v) is 3.75. The summed E-state index contributed by atoms with van der Waals surface area (Å²) in [7, 11) is 1.91. The Balaban J connectivity index is 0.00000242. The van der Waals surface area contributed by atoms with Gasteiger partial charge in [0.05, 0.1) is 6.61 Å². The van der Waals surface area contributed by atoms with E-state index in [1.807, 2.05) is 11.9 Å². The monoisotopic (exact) mass is 330 g/mol. The van der Waals surface area contributed by atoms with E-state index in [9.17, 15) is 9.18 Å². The van der Waals surface area contributed by atoms with Crippen LogP contribution in [0.2, 0.25) is 0 Å². The number of halogens is 2. The lowest BCUT2D eigenvalue weighted by Crippen LogP contribution is -2.40. The molecule has 1 N–H and O–H groups in total. The molecule has 124 valence electrons. The van der Waals surface area contributed by atoms with Crippen LogP contribution in [-0.2, 0) is 4.79 Å². The van der Waals surface area contributed by atoms with Gasteiger partial charge in [0.15, 0.2) is 0 Å². The zero-order valence-corrected chi connectivity index (χ0v) is 13.7. The minimum absolute atomic E-state index is 0. The molecular weight excluding hydrogens is 307 g/mol. The van der Waals surface area contributed by atoms with Crippen LogP contribution in [0.3, 0.4) is 0 Å². The van der Waals surface area contributed by atoms with Crippen molar-refractivity contribution in [3.05, 3.63) is 30.1 Å². The molecule has 1 fully saturated rings. The largest absolute Gasteiger partial charge is 0.494 e. The van der Waals surface area contributed by atoms with E-state index in [0.29, 0.717) is 31.2 Å². The van der Waals surface area contributed by atoms with Crippen molar-refractivity contribution in [1.82, 2.24) is 10.2 Å². The zero-order valence-electron chi connectivity index (χ0n) is 12.9. The highest BCUT2D eigenvalue weighted by Gasteiger charge is 2.27. The molecule has 2 rings (SSSR count). The van der Waals surface area contributed by atoms with Crippen molar-refractivity contribution in [1.29, 1.82) is 0 Å². The Morgan fingerprint density at radius 2 is 2.14 bits per heavy atom. The molecule has 1 aromatic rings. The van der Waals surface area contributed by atoms with Crippen molar-refractivity contribution in [2.75, 3.05) is 26.7 Å². The van der Waals surface area contributed by atoms with Gasteiger partial charge in [0.25, 0.3) is 0 Å². The number of benzene rings is 1. The average molecular weight is 331 g/mol. The van der Waals surface area contributed by atoms with Gasteiger partial charge in [-0.1, -0.05) is 0 Å². The molecule has 0 bridgehead atoms. The number of likely N-dealkylation sites (tertiary alicyclic amines) is 1. The minimum atomic E-state index is -0.276. The lowest BCUT2D eigenvalue weighted by molar-refractivity contribution is -0.132. The second-order valence-corrected chi connectivity index (χ2v) is 5.35. The summed E-state index contributed by atoms with van der Waals surface area (Å²) in [5.41, 5.74) is 0. The maximum atomic E-state index is 12.7. The average Bonchev–Trinajstić information content (AvgIpc) is 2.94. The van der Waals surface area contributed by atoms with Gasteiger partial charge in [0.1, 0.15) is 11.6 Å². The summed E-state index contributed by atoms with van der Waals surface area (Å²) in [4.78, 5) is 14.2. The second kappa shape index (κ2) is 9.64. The Labute approximate surface area is 137 Å². The molecule has 0 spiro atoms. The first-order valence-electron chi connectivity index (χ1n) is 7.53. The number of hydrogen-bond acceptors (Lipinski definition) is 3. The maximum Gasteiger partial charge on any atom is 0.222 e. The normalized spacial score (nSPS) is 17.2. The van der Waals surface area contributed by atoms with Crippen molar-refractivity contribution in [2.24, 2.45) is 0 Å². The number of rotatable bonds is 7. The highest BCUT2D eigenvalue weighted by atomic mass is 35.5. The van der Waals surface area contributed by atoms with Crippen LogP contribution in [0.4, 0.5) is 4.39 Å². The number of amides is 1. The number of likely N-dealkylation sites (N-methyl/N-ethyl adjacent to an activating group) is 1. The standard InChI is InChI=1S/C16H23FN2O2.ClH/c1-18-12-14-4-2-10-19(14)16(20)5-3-11-21-15-8-6-13(17)7-9-15;/h6-9,14,18H,2-5,10-12H2,1H3;1H. The number of carbonyl (C=O) groups excluding carboxylic acids is 1. The van der Waals surface area contributed by atoms with E-state index in [0.717, 1.165) is 25.9 Å². The van der Waals surface area contributed by atoms with Crippen LogP contribution < -0.4 is 10.1 Å². The molecule has 22 heavy (non-hydrogen) atoms. The Hall–Kier alpha value is -1.33. The molecule has 1 atom stereocenters. The molecule has 0 aliphatic carbocycles. The van der Waals surface area contributed by atoms with Crippen LogP contribution in [0, 0.1) is 5.82 Å². The summed E-state index contributed by atoms with van der Waals surface area (Å²) < 4.78 is 18.2. The summed E-state index contributed by atoms with van der Waals surface area (Å²) in [6.07, 6.45) is 3.35. The Bertz CT molecular complexity index is 456. The van der Waals surface area contributed by atoms with Gasteiger partial charge in [-0.3, -0.25) is 4.79 Å². The van der Waals surface area contributed by atoms with E-state index in [1.54, 1.807) is 12.1 Å². The predicted molar refractivity (Wildman–Crippen MR) is 87.0 cm³/mol. The maximum absolute atomic E-state index is 12.7. The van der Waals surface area contributed by atoms with Gasteiger partial charge >= 0.3 is 0 Å². The lowest BCUT2D eigenvalue weighted by atomic mass is 10.2. The van der Waals surface area contributed by atoms with Gasteiger partial charge in [-0.15, -0.1) is 12.4 Å². The van der Waals surface area contributed by atoms with E-state index >= 15 is 0 Å². The van der Waals surface area contributed by atoms with Crippen LogP contribution in [0.1, 0.15) is 25.7 Å². The van der Waals surface area contributed by atoms with Gasteiger partial charge in [0.2, 0.25) is 5.91 Å². The molecular formula is C16H24ClFN2O2. The first-order valence-corrected chi connectivity index (χ1v) is 7.53. The lowest BCUT2D eigenvalue weighted by Gasteiger charge is -2.24. The molecule has 1 unspecified atom stereocenters. The quantitative estimate of drug-likeness (QED) is 0.781. The Kier molecular flexibility index (Phi) is 8.20. The number of nitrogens with zero attached hydrogens (tertiary/aromatic N) is 1. The fourth-order valence-electron chi connectivity index (χ4n) is 2.70. The first kappa shape index (κ1) is 18.7. The Morgan fingerprint density at radius 1 is 1.41 bits per heavy atom. The molecule has 4 nitrogen and oxygen atoms in total. The molecule has 1 aromatic carbocycles. The number of carbonyl (C=O) groups is 1. The van der Waals surface area contributed by atoms with E-state index in [-0.39, 0.29) is 24.1 Å². The molecule has 1 aliphatic heterocycles. The molecule has 0 aromatic heterocycles. The second-order valence-electron chi connectivity index (χ2n) is 5.35. The van der Waals surface area contributed by atoms with E-state index in [1.165, 1.54) is 12.1 Å². The minimum Gasteiger partial charge on any atom is -0.494 e. The summed E-state index contributed by atoms with van der Waals surface area (Å²) >= 11 is 0. The van der Waals surface area contributed by atoms with Crippen molar-refractivity contribution < 1.29 is 13.9 Å². The van der Waals surface area contributed by atoms with Gasteiger partial charge in [-0.25, -0.2) is 4.39 Å². The van der Waals surface area contributed by atoms with Crippen molar-refractivity contribution in [3.8, 4) is 5.75 Å². The number of ether oxygens (including phenoxy) is 1. The summed E-state index contributed by atoms with van der Waals surface area (Å²) in [5, 5.41) is 3.14. The summed E-state index contributed by atoms with van der Waals surface area (Å²) in [5.74, 6) is 0.565. The zero-order chi connectivity index (χ0) is 15.1. The summed E-state index contributed by atoms with van der Waals surface area (Å²) in [6.45, 7) is 2.20. The van der Waals surface area contributed by atoms with Crippen LogP contribution in [-0.4, -0.2) is 43.6 Å². The van der Waals surface area contributed by atoms with Crippen molar-refractivity contribution >= 4 is 18.3 Å². The fourth-order valence-corrected chi connectivity index (χ4v) is 2.70. The topological polar surface area (TPSA) is 41.6 Å². The van der Waals surface area contributed by atoms with Gasteiger partial charge < -0.3 is 15.0 Å². The third kappa shape index (κ3) is 5.46.